The molecule has 1 aliphatic heterocycles. The highest BCUT2D eigenvalue weighted by Crippen LogP contribution is 2.04. The van der Waals surface area contributed by atoms with Crippen LogP contribution in [0, 0.1) is 0 Å². The van der Waals surface area contributed by atoms with Crippen molar-refractivity contribution < 1.29 is 24.6 Å². The van der Waals surface area contributed by atoms with E-state index < -0.39 is 30.4 Å². The summed E-state index contributed by atoms with van der Waals surface area (Å²) in [6.07, 6.45) is -0.658. The first-order valence-electron chi connectivity index (χ1n) is 6.67. The van der Waals surface area contributed by atoms with Crippen LogP contribution in [0.2, 0.25) is 0 Å². The van der Waals surface area contributed by atoms with E-state index in [9.17, 15) is 14.4 Å². The van der Waals surface area contributed by atoms with Crippen molar-refractivity contribution in [2.24, 2.45) is 0 Å². The molecule has 2 amide bonds. The van der Waals surface area contributed by atoms with E-state index >= 15 is 0 Å². The average molecular weight is 302 g/mol. The van der Waals surface area contributed by atoms with Gasteiger partial charge in [-0.25, -0.2) is 9.59 Å². The lowest BCUT2D eigenvalue weighted by atomic mass is 10.2. The van der Waals surface area contributed by atoms with E-state index in [4.69, 9.17) is 10.2 Å². The molecule has 9 heteroatoms. The van der Waals surface area contributed by atoms with Gasteiger partial charge in [-0.05, 0) is 14.1 Å². The van der Waals surface area contributed by atoms with Gasteiger partial charge in [-0.15, -0.1) is 0 Å². The quantitative estimate of drug-likeness (QED) is 0.469. The normalized spacial score (nSPS) is 21.5. The number of hydrogen-bond donors (Lipinski definition) is 4. The molecular weight excluding hydrogens is 280 g/mol. The number of aliphatic carboxylic acids is 2. The summed E-state index contributed by atoms with van der Waals surface area (Å²) in [5.74, 6) is -2.65. The number of likely N-dealkylation sites (N-methyl/N-ethyl adjacent to an activating group) is 2. The number of carbonyl (C=O) groups is 3. The zero-order chi connectivity index (χ0) is 16.0. The Morgan fingerprint density at radius 1 is 1.24 bits per heavy atom. The molecule has 120 valence electrons. The van der Waals surface area contributed by atoms with Gasteiger partial charge >= 0.3 is 18.0 Å². The molecule has 1 rings (SSSR count). The van der Waals surface area contributed by atoms with Crippen molar-refractivity contribution in [2.45, 2.75) is 18.5 Å². The van der Waals surface area contributed by atoms with Gasteiger partial charge in [0, 0.05) is 32.2 Å². The Hall–Kier alpha value is -1.87. The highest BCUT2D eigenvalue weighted by atomic mass is 16.4. The number of carboxylic acids is 2. The lowest BCUT2D eigenvalue weighted by Crippen LogP contribution is -2.56. The van der Waals surface area contributed by atoms with Gasteiger partial charge in [0.2, 0.25) is 0 Å². The van der Waals surface area contributed by atoms with Crippen LogP contribution >= 0.6 is 0 Å². The van der Waals surface area contributed by atoms with Crippen molar-refractivity contribution in [2.75, 3.05) is 40.3 Å². The summed E-state index contributed by atoms with van der Waals surface area (Å²) >= 11 is 0. The summed E-state index contributed by atoms with van der Waals surface area (Å²) in [5.41, 5.74) is 0. The van der Waals surface area contributed by atoms with Gasteiger partial charge in [-0.3, -0.25) is 9.69 Å². The summed E-state index contributed by atoms with van der Waals surface area (Å²) < 4.78 is 0. The fourth-order valence-corrected chi connectivity index (χ4v) is 2.12. The first-order chi connectivity index (χ1) is 9.79. The van der Waals surface area contributed by atoms with E-state index in [1.165, 1.54) is 0 Å². The number of carboxylic acid groups (broad SMARTS) is 2. The van der Waals surface area contributed by atoms with Gasteiger partial charge in [0.15, 0.2) is 0 Å². The van der Waals surface area contributed by atoms with Gasteiger partial charge in [0.25, 0.3) is 0 Å². The second-order valence-corrected chi connectivity index (χ2v) is 5.24. The van der Waals surface area contributed by atoms with Crippen molar-refractivity contribution in [1.29, 1.82) is 0 Å². The highest BCUT2D eigenvalue weighted by molar-refractivity contribution is 5.86. The van der Waals surface area contributed by atoms with E-state index in [1.54, 1.807) is 0 Å². The maximum atomic E-state index is 11.7. The molecule has 1 heterocycles. The van der Waals surface area contributed by atoms with E-state index in [0.717, 1.165) is 19.6 Å². The zero-order valence-electron chi connectivity index (χ0n) is 12.2. The lowest BCUT2D eigenvalue weighted by molar-refractivity contribution is -0.145. The molecule has 0 aliphatic carbocycles. The predicted molar refractivity (Wildman–Crippen MR) is 74.1 cm³/mol. The second kappa shape index (κ2) is 7.79. The minimum atomic E-state index is -1.44. The maximum absolute atomic E-state index is 11.7. The molecular formula is C12H22N4O5. The van der Waals surface area contributed by atoms with Crippen molar-refractivity contribution in [1.82, 2.24) is 20.4 Å². The summed E-state index contributed by atoms with van der Waals surface area (Å²) in [7, 11) is 3.95. The van der Waals surface area contributed by atoms with Crippen LogP contribution in [-0.2, 0) is 9.59 Å². The molecule has 4 N–H and O–H groups in total. The van der Waals surface area contributed by atoms with Gasteiger partial charge < -0.3 is 25.7 Å². The third-order valence-electron chi connectivity index (χ3n) is 3.46. The van der Waals surface area contributed by atoms with Crippen molar-refractivity contribution in [3.05, 3.63) is 0 Å². The number of nitrogens with one attached hydrogen (secondary N) is 2. The molecule has 0 aromatic carbocycles. The van der Waals surface area contributed by atoms with Crippen molar-refractivity contribution in [3.8, 4) is 0 Å². The summed E-state index contributed by atoms with van der Waals surface area (Å²) in [6.45, 7) is 3.01. The summed E-state index contributed by atoms with van der Waals surface area (Å²) in [4.78, 5) is 37.3. The average Bonchev–Trinajstić information content (AvgIpc) is 2.38. The molecule has 0 aromatic rings. The molecule has 0 bridgehead atoms. The first-order valence-corrected chi connectivity index (χ1v) is 6.67. The maximum Gasteiger partial charge on any atom is 0.326 e. The van der Waals surface area contributed by atoms with Crippen LogP contribution in [-0.4, -0.2) is 90.3 Å². The van der Waals surface area contributed by atoms with E-state index in [0.29, 0.717) is 6.54 Å². The molecule has 2 atom stereocenters. The number of rotatable bonds is 6. The Bertz CT molecular complexity index is 403. The van der Waals surface area contributed by atoms with Crippen molar-refractivity contribution in [3.63, 3.8) is 0 Å². The predicted octanol–water partition coefficient (Wildman–Crippen LogP) is -1.54. The van der Waals surface area contributed by atoms with Crippen LogP contribution in [0.25, 0.3) is 0 Å². The molecule has 0 saturated carbocycles. The van der Waals surface area contributed by atoms with Crippen LogP contribution in [0.5, 0.6) is 0 Å². The molecule has 0 radical (unpaired) electrons. The van der Waals surface area contributed by atoms with E-state index in [-0.39, 0.29) is 6.04 Å². The topological polar surface area (TPSA) is 122 Å². The Morgan fingerprint density at radius 2 is 1.90 bits per heavy atom. The number of piperazine rings is 1. The molecule has 1 fully saturated rings. The third-order valence-corrected chi connectivity index (χ3v) is 3.46. The van der Waals surface area contributed by atoms with E-state index in [2.05, 4.69) is 20.4 Å². The number of nitrogens with zero attached hydrogens (tertiary/aromatic N) is 2. The van der Waals surface area contributed by atoms with Crippen LogP contribution in [0.1, 0.15) is 6.42 Å². The zero-order valence-corrected chi connectivity index (χ0v) is 12.2. The minimum absolute atomic E-state index is 0.136. The smallest absolute Gasteiger partial charge is 0.326 e. The number of amides is 2. The van der Waals surface area contributed by atoms with E-state index in [1.807, 2.05) is 14.1 Å². The van der Waals surface area contributed by atoms with Crippen LogP contribution in [0.4, 0.5) is 4.79 Å². The monoisotopic (exact) mass is 302 g/mol. The Labute approximate surface area is 122 Å². The molecule has 0 spiro atoms. The molecule has 1 aliphatic rings. The molecule has 9 nitrogen and oxygen atoms in total. The number of hydrogen-bond acceptors (Lipinski definition) is 5. The highest BCUT2D eigenvalue weighted by Gasteiger charge is 2.25. The van der Waals surface area contributed by atoms with Crippen LogP contribution < -0.4 is 10.6 Å². The summed E-state index contributed by atoms with van der Waals surface area (Å²) in [5, 5.41) is 22.2. The first kappa shape index (κ1) is 17.2. The second-order valence-electron chi connectivity index (χ2n) is 5.24. The fourth-order valence-electron chi connectivity index (χ4n) is 2.12. The van der Waals surface area contributed by atoms with Crippen LogP contribution in [0.3, 0.4) is 0 Å². The molecule has 0 aromatic heterocycles. The molecule has 1 unspecified atom stereocenters. The molecule has 1 saturated heterocycles. The van der Waals surface area contributed by atoms with Crippen molar-refractivity contribution >= 4 is 18.0 Å². The Morgan fingerprint density at radius 3 is 2.48 bits per heavy atom. The largest absolute Gasteiger partial charge is 0.481 e. The van der Waals surface area contributed by atoms with Gasteiger partial charge in [-0.1, -0.05) is 0 Å². The lowest BCUT2D eigenvalue weighted by Gasteiger charge is -2.37. The number of carbonyl (C=O) groups excluding carboxylic acids is 1. The minimum Gasteiger partial charge on any atom is -0.481 e. The number of urea groups is 1. The van der Waals surface area contributed by atoms with Gasteiger partial charge in [0.05, 0.1) is 6.42 Å². The van der Waals surface area contributed by atoms with Gasteiger partial charge in [0.1, 0.15) is 6.04 Å². The Kier molecular flexibility index (Phi) is 6.38. The summed E-state index contributed by atoms with van der Waals surface area (Å²) in [6, 6.07) is -1.98. The van der Waals surface area contributed by atoms with Crippen LogP contribution in [0.15, 0.2) is 0 Å². The SMILES string of the molecule is CN1CCN(C)C(CNC(=O)N[C@H](CC(=O)O)C(=O)O)C1. The Balaban J connectivity index is 2.41. The fraction of sp³-hybridized carbons (Fsp3) is 0.750. The molecule has 21 heavy (non-hydrogen) atoms. The third kappa shape index (κ3) is 5.96. The van der Waals surface area contributed by atoms with Gasteiger partial charge in [-0.2, -0.15) is 0 Å². The standard InChI is InChI=1S/C12H22N4O5/c1-15-3-4-16(2)8(7-15)6-13-12(21)14-9(11(19)20)5-10(17)18/h8-9H,3-7H2,1-2H3,(H,17,18)(H,19,20)(H2,13,14,21)/t8?,9-/m1/s1.